The number of hydrogen-bond acceptors (Lipinski definition) is 7. The van der Waals surface area contributed by atoms with Gasteiger partial charge in [-0.1, -0.05) is 18.7 Å². The summed E-state index contributed by atoms with van der Waals surface area (Å²) in [7, 11) is 0. The molecule has 146 valence electrons. The highest BCUT2D eigenvalue weighted by Gasteiger charge is 2.43. The Bertz CT molecular complexity index is 565. The van der Waals surface area contributed by atoms with Crippen LogP contribution in [-0.4, -0.2) is 88.7 Å². The molecule has 0 bridgehead atoms. The van der Waals surface area contributed by atoms with E-state index >= 15 is 0 Å². The van der Waals surface area contributed by atoms with Gasteiger partial charge in [0, 0.05) is 38.1 Å². The van der Waals surface area contributed by atoms with Gasteiger partial charge in [0.05, 0.1) is 19.8 Å². The van der Waals surface area contributed by atoms with E-state index in [-0.39, 0.29) is 29.7 Å². The number of carboxylic acids is 1. The Labute approximate surface area is 156 Å². The zero-order valence-corrected chi connectivity index (χ0v) is 15.7. The van der Waals surface area contributed by atoms with E-state index in [1.54, 1.807) is 6.92 Å². The minimum Gasteiger partial charge on any atom is -0.480 e. The maximum atomic E-state index is 12.6. The van der Waals surface area contributed by atoms with Crippen LogP contribution in [0.3, 0.4) is 0 Å². The van der Waals surface area contributed by atoms with Crippen molar-refractivity contribution in [2.45, 2.75) is 32.4 Å². The smallest absolute Gasteiger partial charge is 0.410 e. The monoisotopic (exact) mass is 388 g/mol. The molecule has 10 heteroatoms. The van der Waals surface area contributed by atoms with Crippen molar-refractivity contribution in [2.75, 3.05) is 38.6 Å². The minimum absolute atomic E-state index is 0.0426. The van der Waals surface area contributed by atoms with Crippen LogP contribution in [0.1, 0.15) is 20.3 Å². The molecule has 2 fully saturated rings. The second-order valence-electron chi connectivity index (χ2n) is 6.39. The molecule has 26 heavy (non-hydrogen) atoms. The zero-order valence-electron chi connectivity index (χ0n) is 14.9. The normalized spacial score (nSPS) is 24.2. The third kappa shape index (κ3) is 5.34. The van der Waals surface area contributed by atoms with E-state index in [0.717, 1.165) is 11.8 Å². The number of hydrogen-bond donors (Lipinski definition) is 1. The van der Waals surface area contributed by atoms with Crippen LogP contribution in [-0.2, 0) is 23.9 Å². The first kappa shape index (κ1) is 20.5. The summed E-state index contributed by atoms with van der Waals surface area (Å²) in [6.07, 6.45) is -1.12. The molecule has 2 aliphatic rings. The number of morpholine rings is 1. The molecule has 0 radical (unpaired) electrons. The third-order valence-corrected chi connectivity index (χ3v) is 5.40. The van der Waals surface area contributed by atoms with Crippen molar-refractivity contribution >= 4 is 34.8 Å². The fourth-order valence-corrected chi connectivity index (χ4v) is 3.55. The van der Waals surface area contributed by atoms with E-state index < -0.39 is 30.1 Å². The number of likely N-dealkylation sites (tertiary alicyclic amines) is 1. The third-order valence-electron chi connectivity index (χ3n) is 4.33. The number of carbonyl (C=O) groups excluding carboxylic acids is 3. The quantitative estimate of drug-likeness (QED) is 0.721. The molecule has 2 heterocycles. The lowest BCUT2D eigenvalue weighted by Crippen LogP contribution is -2.44. The van der Waals surface area contributed by atoms with Gasteiger partial charge in [0.25, 0.3) is 0 Å². The molecule has 2 amide bonds. The van der Waals surface area contributed by atoms with Gasteiger partial charge >= 0.3 is 12.1 Å². The molecule has 0 aromatic heterocycles. The maximum Gasteiger partial charge on any atom is 0.410 e. The molecule has 0 aliphatic carbocycles. The molecule has 2 saturated heterocycles. The van der Waals surface area contributed by atoms with Gasteiger partial charge in [0.1, 0.15) is 12.1 Å². The highest BCUT2D eigenvalue weighted by atomic mass is 32.2. The summed E-state index contributed by atoms with van der Waals surface area (Å²) < 4.78 is 10.6. The highest BCUT2D eigenvalue weighted by molar-refractivity contribution is 8.13. The molecule has 2 aliphatic heterocycles. The van der Waals surface area contributed by atoms with E-state index in [9.17, 15) is 24.3 Å². The molecule has 0 aromatic carbocycles. The Balaban J connectivity index is 1.96. The van der Waals surface area contributed by atoms with E-state index in [1.807, 2.05) is 0 Å². The lowest BCUT2D eigenvalue weighted by atomic mass is 10.1. The summed E-state index contributed by atoms with van der Waals surface area (Å²) in [5.41, 5.74) is 0. The summed E-state index contributed by atoms with van der Waals surface area (Å²) in [6.45, 7) is 4.84. The van der Waals surface area contributed by atoms with Crippen LogP contribution in [0, 0.1) is 5.92 Å². The number of thioether (sulfide) groups is 1. The van der Waals surface area contributed by atoms with Crippen LogP contribution in [0.2, 0.25) is 0 Å². The fraction of sp³-hybridized carbons (Fsp3) is 0.750. The maximum absolute atomic E-state index is 12.6. The van der Waals surface area contributed by atoms with Gasteiger partial charge < -0.3 is 24.4 Å². The molecule has 3 atom stereocenters. The molecule has 9 nitrogen and oxygen atoms in total. The Morgan fingerprint density at radius 2 is 1.92 bits per heavy atom. The van der Waals surface area contributed by atoms with Crippen molar-refractivity contribution in [3.8, 4) is 0 Å². The summed E-state index contributed by atoms with van der Waals surface area (Å²) in [5.74, 6) is -1.69. The highest BCUT2D eigenvalue weighted by Crippen LogP contribution is 2.25. The van der Waals surface area contributed by atoms with Crippen LogP contribution >= 0.6 is 11.8 Å². The first-order valence-electron chi connectivity index (χ1n) is 8.49. The van der Waals surface area contributed by atoms with Crippen LogP contribution in [0.15, 0.2) is 0 Å². The van der Waals surface area contributed by atoms with Gasteiger partial charge in [0.2, 0.25) is 5.91 Å². The second kappa shape index (κ2) is 9.22. The van der Waals surface area contributed by atoms with Crippen molar-refractivity contribution in [1.82, 2.24) is 9.80 Å². The number of aliphatic carboxylic acids is 1. The van der Waals surface area contributed by atoms with Crippen LogP contribution in [0.5, 0.6) is 0 Å². The Hall–Kier alpha value is -1.81. The second-order valence-corrected chi connectivity index (χ2v) is 7.59. The predicted molar refractivity (Wildman–Crippen MR) is 92.7 cm³/mol. The molecule has 1 N–H and O–H groups in total. The van der Waals surface area contributed by atoms with Crippen LogP contribution in [0.25, 0.3) is 0 Å². The molecule has 1 unspecified atom stereocenters. The fourth-order valence-electron chi connectivity index (χ4n) is 2.92. The van der Waals surface area contributed by atoms with Gasteiger partial charge in [-0.25, -0.2) is 9.59 Å². The van der Waals surface area contributed by atoms with E-state index in [2.05, 4.69) is 0 Å². The molecule has 0 aromatic rings. The van der Waals surface area contributed by atoms with E-state index in [1.165, 1.54) is 16.7 Å². The first-order valence-corrected chi connectivity index (χ1v) is 9.48. The SMILES string of the molecule is CC(=O)SCC(C)C(=O)N1C[C@H](OC(=O)N2CCOCC2)C[C@H]1C(=O)O. The summed E-state index contributed by atoms with van der Waals surface area (Å²) >= 11 is 1.03. The topological polar surface area (TPSA) is 113 Å². The van der Waals surface area contributed by atoms with Crippen molar-refractivity contribution in [2.24, 2.45) is 5.92 Å². The van der Waals surface area contributed by atoms with E-state index in [4.69, 9.17) is 9.47 Å². The van der Waals surface area contributed by atoms with Gasteiger partial charge in [-0.2, -0.15) is 0 Å². The molecule has 0 saturated carbocycles. The van der Waals surface area contributed by atoms with Crippen molar-refractivity contribution in [3.05, 3.63) is 0 Å². The number of carbonyl (C=O) groups is 4. The number of carboxylic acid groups (broad SMARTS) is 1. The Morgan fingerprint density at radius 3 is 2.50 bits per heavy atom. The van der Waals surface area contributed by atoms with Crippen LogP contribution in [0.4, 0.5) is 4.79 Å². The summed E-state index contributed by atoms with van der Waals surface area (Å²) in [5, 5.41) is 9.31. The largest absolute Gasteiger partial charge is 0.480 e. The average molecular weight is 388 g/mol. The Kier molecular flexibility index (Phi) is 7.27. The number of nitrogens with zero attached hydrogens (tertiary/aromatic N) is 2. The lowest BCUT2D eigenvalue weighted by molar-refractivity contribution is -0.149. The van der Waals surface area contributed by atoms with Gasteiger partial charge in [-0.3, -0.25) is 9.59 Å². The molecule has 2 rings (SSSR count). The van der Waals surface area contributed by atoms with Gasteiger partial charge in [0.15, 0.2) is 5.12 Å². The number of ether oxygens (including phenoxy) is 2. The number of rotatable bonds is 5. The summed E-state index contributed by atoms with van der Waals surface area (Å²) in [4.78, 5) is 50.1. The molecular weight excluding hydrogens is 364 g/mol. The standard InChI is InChI=1S/C16H24N2O7S/c1-10(9-26-11(2)19)14(20)18-8-12(7-13(18)15(21)22)25-16(23)17-3-5-24-6-4-17/h10,12-13H,3-9H2,1-2H3,(H,21,22)/t10?,12-,13+/m1/s1. The lowest BCUT2D eigenvalue weighted by Gasteiger charge is -2.27. The minimum atomic E-state index is -1.13. The predicted octanol–water partition coefficient (Wildman–Crippen LogP) is 0.425. The zero-order chi connectivity index (χ0) is 19.3. The van der Waals surface area contributed by atoms with Gasteiger partial charge in [-0.05, 0) is 0 Å². The van der Waals surface area contributed by atoms with E-state index in [0.29, 0.717) is 26.3 Å². The molecule has 0 spiro atoms. The van der Waals surface area contributed by atoms with Crippen molar-refractivity contribution in [1.29, 1.82) is 0 Å². The van der Waals surface area contributed by atoms with Crippen molar-refractivity contribution in [3.63, 3.8) is 0 Å². The average Bonchev–Trinajstić information content (AvgIpc) is 3.03. The number of amides is 2. The van der Waals surface area contributed by atoms with Crippen molar-refractivity contribution < 1.29 is 33.8 Å². The molecular formula is C16H24N2O7S. The summed E-state index contributed by atoms with van der Waals surface area (Å²) in [6, 6.07) is -1.03. The van der Waals surface area contributed by atoms with Gasteiger partial charge in [-0.15, -0.1) is 0 Å². The van der Waals surface area contributed by atoms with Crippen LogP contribution < -0.4 is 0 Å². The first-order chi connectivity index (χ1) is 12.3. The Morgan fingerprint density at radius 1 is 1.27 bits per heavy atom.